The molecule has 0 amide bonds. The maximum absolute atomic E-state index is 12.3. The fourth-order valence-electron chi connectivity index (χ4n) is 2.46. The number of nitrogens with two attached hydrogens (primary N) is 2. The summed E-state index contributed by atoms with van der Waals surface area (Å²) >= 11 is 0. The molecule has 0 unspecified atom stereocenters. The van der Waals surface area contributed by atoms with Gasteiger partial charge in [0.05, 0.1) is 11.4 Å². The Labute approximate surface area is 155 Å². The van der Waals surface area contributed by atoms with Crippen LogP contribution in [0.2, 0.25) is 0 Å². The van der Waals surface area contributed by atoms with E-state index in [2.05, 4.69) is 20.3 Å². The van der Waals surface area contributed by atoms with Gasteiger partial charge in [-0.2, -0.15) is 5.26 Å². The van der Waals surface area contributed by atoms with Gasteiger partial charge in [-0.25, -0.2) is 9.98 Å². The number of nitrogens with zero attached hydrogens (tertiary/aromatic N) is 3. The predicted octanol–water partition coefficient (Wildman–Crippen LogP) is 2.27. The third-order valence-corrected chi connectivity index (χ3v) is 3.74. The van der Waals surface area contributed by atoms with Gasteiger partial charge in [-0.15, -0.1) is 0 Å². The van der Waals surface area contributed by atoms with Crippen molar-refractivity contribution in [1.82, 2.24) is 9.97 Å². The third kappa shape index (κ3) is 4.11. The van der Waals surface area contributed by atoms with Gasteiger partial charge in [0.15, 0.2) is 5.96 Å². The molecule has 0 fully saturated rings. The molecule has 0 saturated carbocycles. The lowest BCUT2D eigenvalue weighted by molar-refractivity contribution is 1.11. The van der Waals surface area contributed by atoms with Crippen LogP contribution in [0.3, 0.4) is 0 Å². The molecule has 0 aliphatic rings. The highest BCUT2D eigenvalue weighted by molar-refractivity contribution is 5.79. The standard InChI is InChI=1S/C19H17N7O/c1-11-2-6-14(7-3-11)24-19-25-16(15(10-20)17(27)26-19)12-4-8-13(9-5-12)23-18(21)22/h2-9H,1H3,(H4,21,22,23)(H2,24,25,26,27). The highest BCUT2D eigenvalue weighted by Gasteiger charge is 2.13. The molecule has 1 aromatic heterocycles. The Morgan fingerprint density at radius 2 is 1.81 bits per heavy atom. The molecule has 6 N–H and O–H groups in total. The first-order valence-corrected chi connectivity index (χ1v) is 8.04. The molecule has 0 aliphatic carbocycles. The van der Waals surface area contributed by atoms with Crippen LogP contribution in [-0.2, 0) is 0 Å². The van der Waals surface area contributed by atoms with Crippen LogP contribution in [0.4, 0.5) is 17.3 Å². The molecule has 1 heterocycles. The predicted molar refractivity (Wildman–Crippen MR) is 105 cm³/mol. The van der Waals surface area contributed by atoms with Gasteiger partial charge in [0.25, 0.3) is 5.56 Å². The lowest BCUT2D eigenvalue weighted by atomic mass is 10.1. The maximum Gasteiger partial charge on any atom is 0.270 e. The van der Waals surface area contributed by atoms with Gasteiger partial charge in [-0.05, 0) is 31.2 Å². The molecular formula is C19H17N7O. The summed E-state index contributed by atoms with van der Waals surface area (Å²) in [6.45, 7) is 1.98. The first-order valence-electron chi connectivity index (χ1n) is 8.04. The number of rotatable bonds is 4. The number of hydrogen-bond acceptors (Lipinski definition) is 5. The van der Waals surface area contributed by atoms with Gasteiger partial charge in [0.2, 0.25) is 5.95 Å². The monoisotopic (exact) mass is 359 g/mol. The van der Waals surface area contributed by atoms with E-state index in [9.17, 15) is 10.1 Å². The van der Waals surface area contributed by atoms with Crippen molar-refractivity contribution in [2.45, 2.75) is 6.92 Å². The number of anilines is 2. The van der Waals surface area contributed by atoms with Gasteiger partial charge >= 0.3 is 0 Å². The van der Waals surface area contributed by atoms with Crippen LogP contribution >= 0.6 is 0 Å². The van der Waals surface area contributed by atoms with Gasteiger partial charge in [0, 0.05) is 11.3 Å². The minimum Gasteiger partial charge on any atom is -0.370 e. The molecule has 27 heavy (non-hydrogen) atoms. The normalized spacial score (nSPS) is 10.1. The lowest BCUT2D eigenvalue weighted by Gasteiger charge is -2.09. The van der Waals surface area contributed by atoms with Crippen LogP contribution < -0.4 is 22.3 Å². The summed E-state index contributed by atoms with van der Waals surface area (Å²) in [6.07, 6.45) is 0. The summed E-state index contributed by atoms with van der Waals surface area (Å²) in [5.74, 6) is 0.186. The zero-order valence-corrected chi connectivity index (χ0v) is 14.5. The number of aliphatic imine (C=N–C) groups is 1. The molecule has 2 aromatic carbocycles. The second-order valence-electron chi connectivity index (χ2n) is 5.82. The van der Waals surface area contributed by atoms with E-state index in [4.69, 9.17) is 11.5 Å². The van der Waals surface area contributed by atoms with Crippen LogP contribution in [0.15, 0.2) is 58.3 Å². The van der Waals surface area contributed by atoms with Crippen molar-refractivity contribution in [3.8, 4) is 17.3 Å². The first-order chi connectivity index (χ1) is 13.0. The second-order valence-corrected chi connectivity index (χ2v) is 5.82. The van der Waals surface area contributed by atoms with E-state index in [1.54, 1.807) is 24.3 Å². The number of hydrogen-bond donors (Lipinski definition) is 4. The van der Waals surface area contributed by atoms with Crippen molar-refractivity contribution in [1.29, 1.82) is 5.26 Å². The van der Waals surface area contributed by atoms with Gasteiger partial charge < -0.3 is 16.8 Å². The van der Waals surface area contributed by atoms with E-state index < -0.39 is 5.56 Å². The Bertz CT molecular complexity index is 1090. The van der Waals surface area contributed by atoms with Crippen LogP contribution in [0.1, 0.15) is 11.1 Å². The quantitative estimate of drug-likeness (QED) is 0.415. The van der Waals surface area contributed by atoms with E-state index in [1.165, 1.54) is 0 Å². The zero-order chi connectivity index (χ0) is 19.4. The molecular weight excluding hydrogens is 342 g/mol. The Balaban J connectivity index is 2.02. The number of nitrogens with one attached hydrogen (secondary N) is 2. The average molecular weight is 359 g/mol. The van der Waals surface area contributed by atoms with E-state index in [-0.39, 0.29) is 23.2 Å². The van der Waals surface area contributed by atoms with Crippen molar-refractivity contribution in [3.63, 3.8) is 0 Å². The summed E-state index contributed by atoms with van der Waals surface area (Å²) in [7, 11) is 0. The van der Waals surface area contributed by atoms with Crippen LogP contribution in [-0.4, -0.2) is 15.9 Å². The van der Waals surface area contributed by atoms with E-state index in [1.807, 2.05) is 37.3 Å². The van der Waals surface area contributed by atoms with Crippen molar-refractivity contribution >= 4 is 23.3 Å². The second kappa shape index (κ2) is 7.41. The van der Waals surface area contributed by atoms with Crippen molar-refractivity contribution in [3.05, 3.63) is 70.0 Å². The van der Waals surface area contributed by atoms with Crippen LogP contribution in [0, 0.1) is 18.3 Å². The molecule has 0 spiro atoms. The Kier molecular flexibility index (Phi) is 4.86. The smallest absolute Gasteiger partial charge is 0.270 e. The van der Waals surface area contributed by atoms with Gasteiger partial charge in [-0.1, -0.05) is 29.8 Å². The molecule has 0 aliphatic heterocycles. The molecule has 134 valence electrons. The van der Waals surface area contributed by atoms with Crippen LogP contribution in [0.25, 0.3) is 11.3 Å². The van der Waals surface area contributed by atoms with Crippen LogP contribution in [0.5, 0.6) is 0 Å². The lowest BCUT2D eigenvalue weighted by Crippen LogP contribution is -2.21. The number of aryl methyl sites for hydroxylation is 1. The Morgan fingerprint density at radius 1 is 1.15 bits per heavy atom. The first kappa shape index (κ1) is 17.7. The summed E-state index contributed by atoms with van der Waals surface area (Å²) in [5.41, 5.74) is 13.4. The summed E-state index contributed by atoms with van der Waals surface area (Å²) in [5, 5.41) is 12.4. The molecule has 0 bridgehead atoms. The molecule has 8 heteroatoms. The van der Waals surface area contributed by atoms with Gasteiger partial charge in [0.1, 0.15) is 11.6 Å². The number of nitriles is 1. The van der Waals surface area contributed by atoms with Crippen molar-refractivity contribution < 1.29 is 0 Å². The SMILES string of the molecule is Cc1ccc(Nc2nc(-c3ccc(N=C(N)N)cc3)c(C#N)c(=O)[nH]2)cc1. The number of benzene rings is 2. The van der Waals surface area contributed by atoms with E-state index in [0.717, 1.165) is 11.3 Å². The number of aromatic nitrogens is 2. The number of guanidine groups is 1. The largest absolute Gasteiger partial charge is 0.370 e. The number of aromatic amines is 1. The molecule has 3 rings (SSSR count). The molecule has 3 aromatic rings. The minimum absolute atomic E-state index is 0.0562. The van der Waals surface area contributed by atoms with E-state index in [0.29, 0.717) is 11.3 Å². The highest BCUT2D eigenvalue weighted by Crippen LogP contribution is 2.24. The van der Waals surface area contributed by atoms with Crippen molar-refractivity contribution in [2.75, 3.05) is 5.32 Å². The summed E-state index contributed by atoms with van der Waals surface area (Å²) < 4.78 is 0. The number of H-pyrrole nitrogens is 1. The topological polar surface area (TPSA) is 146 Å². The Morgan fingerprint density at radius 3 is 2.41 bits per heavy atom. The zero-order valence-electron chi connectivity index (χ0n) is 14.5. The van der Waals surface area contributed by atoms with E-state index >= 15 is 0 Å². The minimum atomic E-state index is -0.523. The third-order valence-electron chi connectivity index (χ3n) is 3.74. The molecule has 8 nitrogen and oxygen atoms in total. The molecule has 0 atom stereocenters. The van der Waals surface area contributed by atoms with Gasteiger partial charge in [-0.3, -0.25) is 9.78 Å². The molecule has 0 radical (unpaired) electrons. The summed E-state index contributed by atoms with van der Waals surface area (Å²) in [4.78, 5) is 23.2. The highest BCUT2D eigenvalue weighted by atomic mass is 16.1. The fourth-order valence-corrected chi connectivity index (χ4v) is 2.46. The Hall–Kier alpha value is -4.12. The maximum atomic E-state index is 12.3. The average Bonchev–Trinajstić information content (AvgIpc) is 2.63. The van der Waals surface area contributed by atoms with Crippen molar-refractivity contribution in [2.24, 2.45) is 16.5 Å². The summed E-state index contributed by atoms with van der Waals surface area (Å²) in [6, 6.07) is 16.3. The molecule has 0 saturated heterocycles. The fraction of sp³-hybridized carbons (Fsp3) is 0.0526.